The molecule has 0 bridgehead atoms. The first-order chi connectivity index (χ1) is 14.5. The number of ether oxygens (including phenoxy) is 1. The van der Waals surface area contributed by atoms with Gasteiger partial charge in [-0.25, -0.2) is 8.42 Å². The Bertz CT molecular complexity index is 1100. The van der Waals surface area contributed by atoms with E-state index in [1.165, 1.54) is 37.3 Å². The summed E-state index contributed by atoms with van der Waals surface area (Å²) in [6.45, 7) is 0. The molecule has 0 atom stereocenters. The SMILES string of the molecule is O=C(Nc1ccc(OC2CCCC2)cc1)c1occc1CS(=O)(=O)c1ccccc1. The van der Waals surface area contributed by atoms with Gasteiger partial charge in [-0.05, 0) is 68.1 Å². The first kappa shape index (κ1) is 20.2. The summed E-state index contributed by atoms with van der Waals surface area (Å²) in [6, 6.07) is 16.8. The summed E-state index contributed by atoms with van der Waals surface area (Å²) in [4.78, 5) is 12.9. The van der Waals surface area contributed by atoms with Gasteiger partial charge < -0.3 is 14.5 Å². The number of nitrogens with one attached hydrogen (secondary N) is 1. The lowest BCUT2D eigenvalue weighted by atomic mass is 10.2. The quantitative estimate of drug-likeness (QED) is 0.586. The van der Waals surface area contributed by atoms with Crippen LogP contribution in [-0.4, -0.2) is 20.4 Å². The Hall–Kier alpha value is -3.06. The van der Waals surface area contributed by atoms with E-state index in [9.17, 15) is 13.2 Å². The van der Waals surface area contributed by atoms with E-state index < -0.39 is 15.7 Å². The van der Waals surface area contributed by atoms with Crippen LogP contribution in [-0.2, 0) is 15.6 Å². The van der Waals surface area contributed by atoms with Gasteiger partial charge in [-0.3, -0.25) is 4.79 Å². The summed E-state index contributed by atoms with van der Waals surface area (Å²) in [5, 5.41) is 2.75. The van der Waals surface area contributed by atoms with Crippen LogP contribution in [0.4, 0.5) is 5.69 Å². The molecule has 6 nitrogen and oxygen atoms in total. The van der Waals surface area contributed by atoms with Crippen LogP contribution in [0.15, 0.2) is 76.2 Å². The molecule has 1 aromatic heterocycles. The Morgan fingerprint density at radius 1 is 1.00 bits per heavy atom. The molecule has 1 N–H and O–H groups in total. The van der Waals surface area contributed by atoms with Crippen LogP contribution in [0.5, 0.6) is 5.75 Å². The van der Waals surface area contributed by atoms with Crippen molar-refractivity contribution >= 4 is 21.4 Å². The van der Waals surface area contributed by atoms with Crippen LogP contribution in [0.3, 0.4) is 0 Å². The summed E-state index contributed by atoms with van der Waals surface area (Å²) in [5.41, 5.74) is 0.893. The fourth-order valence-corrected chi connectivity index (χ4v) is 4.94. The smallest absolute Gasteiger partial charge is 0.291 e. The molecule has 1 amide bonds. The van der Waals surface area contributed by atoms with Gasteiger partial charge in [0.15, 0.2) is 15.6 Å². The fourth-order valence-electron chi connectivity index (χ4n) is 3.57. The van der Waals surface area contributed by atoms with E-state index in [4.69, 9.17) is 9.15 Å². The highest BCUT2D eigenvalue weighted by molar-refractivity contribution is 7.90. The lowest BCUT2D eigenvalue weighted by molar-refractivity contribution is 0.0995. The Kier molecular flexibility index (Phi) is 5.90. The predicted octanol–water partition coefficient (Wildman–Crippen LogP) is 4.83. The molecule has 0 aliphatic heterocycles. The molecule has 3 aromatic rings. The molecule has 1 heterocycles. The van der Waals surface area contributed by atoms with Crippen molar-refractivity contribution in [1.82, 2.24) is 0 Å². The molecule has 4 rings (SSSR count). The summed E-state index contributed by atoms with van der Waals surface area (Å²) in [7, 11) is -3.59. The van der Waals surface area contributed by atoms with Gasteiger partial charge in [0.2, 0.25) is 0 Å². The molecule has 156 valence electrons. The maximum atomic E-state index is 12.7. The number of rotatable bonds is 7. The zero-order chi connectivity index (χ0) is 21.0. The van der Waals surface area contributed by atoms with Crippen LogP contribution in [0.2, 0.25) is 0 Å². The predicted molar refractivity (Wildman–Crippen MR) is 113 cm³/mol. The van der Waals surface area contributed by atoms with Crippen LogP contribution in [0.25, 0.3) is 0 Å². The second-order valence-corrected chi connectivity index (χ2v) is 9.34. The van der Waals surface area contributed by atoms with E-state index in [2.05, 4.69) is 5.32 Å². The Labute approximate surface area is 175 Å². The summed E-state index contributed by atoms with van der Waals surface area (Å²) < 4.78 is 36.5. The van der Waals surface area contributed by atoms with Crippen molar-refractivity contribution in [2.75, 3.05) is 5.32 Å². The highest BCUT2D eigenvalue weighted by atomic mass is 32.2. The topological polar surface area (TPSA) is 85.6 Å². The molecule has 30 heavy (non-hydrogen) atoms. The number of amides is 1. The molecule has 0 spiro atoms. The zero-order valence-electron chi connectivity index (χ0n) is 16.4. The van der Waals surface area contributed by atoms with E-state index in [1.807, 2.05) is 12.1 Å². The number of anilines is 1. The standard InChI is InChI=1S/C23H23NO5S/c25-23(24-18-10-12-20(13-11-18)29-19-6-4-5-7-19)22-17(14-15-28-22)16-30(26,27)21-8-2-1-3-9-21/h1-3,8-15,19H,4-7,16H2,(H,24,25). The van der Waals surface area contributed by atoms with Crippen molar-refractivity contribution in [3.63, 3.8) is 0 Å². The fraction of sp³-hybridized carbons (Fsp3) is 0.261. The molecule has 7 heteroatoms. The number of carbonyl (C=O) groups excluding carboxylic acids is 1. The molecular formula is C23H23NO5S. The second kappa shape index (κ2) is 8.75. The van der Waals surface area contributed by atoms with Crippen molar-refractivity contribution in [1.29, 1.82) is 0 Å². The van der Waals surface area contributed by atoms with Crippen molar-refractivity contribution in [2.24, 2.45) is 0 Å². The molecule has 1 aliphatic rings. The average molecular weight is 426 g/mol. The lowest BCUT2D eigenvalue weighted by Gasteiger charge is -2.13. The minimum Gasteiger partial charge on any atom is -0.490 e. The maximum absolute atomic E-state index is 12.7. The minimum absolute atomic E-state index is 0.0132. The van der Waals surface area contributed by atoms with Gasteiger partial charge in [-0.1, -0.05) is 18.2 Å². The van der Waals surface area contributed by atoms with Crippen LogP contribution in [0, 0.1) is 0 Å². The van der Waals surface area contributed by atoms with Gasteiger partial charge in [0.1, 0.15) is 5.75 Å². The number of sulfone groups is 1. The number of hydrogen-bond donors (Lipinski definition) is 1. The minimum atomic E-state index is -3.59. The number of benzene rings is 2. The third-order valence-corrected chi connectivity index (χ3v) is 6.80. The van der Waals surface area contributed by atoms with E-state index in [0.29, 0.717) is 11.3 Å². The average Bonchev–Trinajstić information content (AvgIpc) is 3.42. The van der Waals surface area contributed by atoms with Gasteiger partial charge in [0.05, 0.1) is 23.0 Å². The van der Waals surface area contributed by atoms with E-state index >= 15 is 0 Å². The zero-order valence-corrected chi connectivity index (χ0v) is 17.2. The van der Waals surface area contributed by atoms with E-state index in [1.54, 1.807) is 30.3 Å². The monoisotopic (exact) mass is 425 g/mol. The van der Waals surface area contributed by atoms with Crippen LogP contribution < -0.4 is 10.1 Å². The molecule has 0 radical (unpaired) electrons. The van der Waals surface area contributed by atoms with Gasteiger partial charge in [-0.2, -0.15) is 0 Å². The number of hydrogen-bond acceptors (Lipinski definition) is 5. The van der Waals surface area contributed by atoms with Crippen LogP contribution >= 0.6 is 0 Å². The first-order valence-electron chi connectivity index (χ1n) is 9.93. The molecule has 1 aliphatic carbocycles. The van der Waals surface area contributed by atoms with Crippen molar-refractivity contribution < 1.29 is 22.4 Å². The third kappa shape index (κ3) is 4.74. The van der Waals surface area contributed by atoms with Crippen LogP contribution in [0.1, 0.15) is 41.8 Å². The first-order valence-corrected chi connectivity index (χ1v) is 11.6. The lowest BCUT2D eigenvalue weighted by Crippen LogP contribution is -2.15. The van der Waals surface area contributed by atoms with Crippen molar-refractivity contribution in [3.8, 4) is 5.75 Å². The largest absolute Gasteiger partial charge is 0.490 e. The summed E-state index contributed by atoms with van der Waals surface area (Å²) in [5.74, 6) is -0.0548. The summed E-state index contributed by atoms with van der Waals surface area (Å²) in [6.07, 6.45) is 6.14. The molecule has 0 unspecified atom stereocenters. The highest BCUT2D eigenvalue weighted by Gasteiger charge is 2.22. The Morgan fingerprint density at radius 3 is 2.40 bits per heavy atom. The highest BCUT2D eigenvalue weighted by Crippen LogP contribution is 2.26. The molecular weight excluding hydrogens is 402 g/mol. The normalized spacial score (nSPS) is 14.5. The number of carbonyl (C=O) groups is 1. The van der Waals surface area contributed by atoms with Gasteiger partial charge in [0, 0.05) is 11.3 Å². The Balaban J connectivity index is 1.43. The summed E-state index contributed by atoms with van der Waals surface area (Å²) >= 11 is 0. The molecule has 2 aromatic carbocycles. The van der Waals surface area contributed by atoms with Crippen molar-refractivity contribution in [2.45, 2.75) is 42.4 Å². The van der Waals surface area contributed by atoms with Gasteiger partial charge in [-0.15, -0.1) is 0 Å². The second-order valence-electron chi connectivity index (χ2n) is 7.35. The molecule has 0 saturated heterocycles. The maximum Gasteiger partial charge on any atom is 0.291 e. The van der Waals surface area contributed by atoms with Gasteiger partial charge in [0.25, 0.3) is 5.91 Å². The van der Waals surface area contributed by atoms with E-state index in [-0.39, 0.29) is 22.5 Å². The van der Waals surface area contributed by atoms with Crippen molar-refractivity contribution in [3.05, 3.63) is 78.3 Å². The third-order valence-electron chi connectivity index (χ3n) is 5.12. The van der Waals surface area contributed by atoms with E-state index in [0.717, 1.165) is 18.6 Å². The number of furan rings is 1. The molecule has 1 saturated carbocycles. The molecule has 1 fully saturated rings. The van der Waals surface area contributed by atoms with Gasteiger partial charge >= 0.3 is 0 Å². The Morgan fingerprint density at radius 2 is 1.70 bits per heavy atom.